The van der Waals surface area contributed by atoms with Crippen LogP contribution < -0.4 is 5.73 Å². The number of aryl methyl sites for hydroxylation is 1. The van der Waals surface area contributed by atoms with Gasteiger partial charge in [0.25, 0.3) is 0 Å². The van der Waals surface area contributed by atoms with Crippen LogP contribution in [0.3, 0.4) is 0 Å². The summed E-state index contributed by atoms with van der Waals surface area (Å²) in [7, 11) is 0. The van der Waals surface area contributed by atoms with E-state index in [1.807, 2.05) is 13.8 Å². The van der Waals surface area contributed by atoms with Crippen LogP contribution in [0.2, 0.25) is 0 Å². The fourth-order valence-electron chi connectivity index (χ4n) is 2.00. The maximum atomic E-state index is 13.1. The molecule has 0 saturated heterocycles. The van der Waals surface area contributed by atoms with Gasteiger partial charge in [-0.1, -0.05) is 6.92 Å². The molecular weight excluding hydrogens is 191 g/mol. The van der Waals surface area contributed by atoms with Crippen molar-refractivity contribution < 1.29 is 4.39 Å². The second-order valence-electron chi connectivity index (χ2n) is 3.87. The monoisotopic (exact) mass is 206 g/mol. The van der Waals surface area contributed by atoms with Gasteiger partial charge in [0.15, 0.2) is 0 Å². The fourth-order valence-corrected chi connectivity index (χ4v) is 2.00. The third-order valence-electron chi connectivity index (χ3n) is 2.81. The molecule has 1 unspecified atom stereocenters. The summed E-state index contributed by atoms with van der Waals surface area (Å²) in [5, 5.41) is 0.904. The summed E-state index contributed by atoms with van der Waals surface area (Å²) in [6, 6.07) is 4.73. The molecule has 2 nitrogen and oxygen atoms in total. The Morgan fingerprint density at radius 3 is 2.87 bits per heavy atom. The highest BCUT2D eigenvalue weighted by Crippen LogP contribution is 2.28. The first-order valence-corrected chi connectivity index (χ1v) is 5.16. The molecule has 1 atom stereocenters. The van der Waals surface area contributed by atoms with Crippen molar-refractivity contribution in [1.82, 2.24) is 4.98 Å². The summed E-state index contributed by atoms with van der Waals surface area (Å²) < 4.78 is 13.1. The first-order chi connectivity index (χ1) is 7.13. The topological polar surface area (TPSA) is 41.8 Å². The van der Waals surface area contributed by atoms with E-state index in [0.717, 1.165) is 28.6 Å². The fraction of sp³-hybridized carbons (Fsp3) is 0.333. The van der Waals surface area contributed by atoms with Gasteiger partial charge in [-0.15, -0.1) is 0 Å². The Hall–Kier alpha value is -1.35. The van der Waals surface area contributed by atoms with Crippen molar-refractivity contribution in [3.63, 3.8) is 0 Å². The molecule has 0 fully saturated rings. The van der Waals surface area contributed by atoms with E-state index < -0.39 is 0 Å². The lowest BCUT2D eigenvalue weighted by molar-refractivity contribution is 0.629. The minimum atomic E-state index is -0.217. The molecule has 0 spiro atoms. The Morgan fingerprint density at radius 2 is 2.20 bits per heavy atom. The normalized spacial score (nSPS) is 13.3. The summed E-state index contributed by atoms with van der Waals surface area (Å²) in [6.07, 6.45) is 0.851. The first kappa shape index (κ1) is 10.2. The van der Waals surface area contributed by atoms with E-state index in [1.165, 1.54) is 6.07 Å². The predicted octanol–water partition coefficient (Wildman–Crippen LogP) is 3.03. The lowest BCUT2D eigenvalue weighted by Gasteiger charge is -2.08. The highest BCUT2D eigenvalue weighted by Gasteiger charge is 2.14. The molecule has 80 valence electrons. The van der Waals surface area contributed by atoms with Gasteiger partial charge < -0.3 is 10.7 Å². The number of aromatic nitrogens is 1. The number of fused-ring (bicyclic) bond motifs is 1. The smallest absolute Gasteiger partial charge is 0.123 e. The molecule has 1 aromatic carbocycles. The maximum Gasteiger partial charge on any atom is 0.123 e. The van der Waals surface area contributed by atoms with Crippen LogP contribution in [0.25, 0.3) is 10.9 Å². The van der Waals surface area contributed by atoms with E-state index in [9.17, 15) is 4.39 Å². The summed E-state index contributed by atoms with van der Waals surface area (Å²) in [5.41, 5.74) is 9.03. The zero-order valence-corrected chi connectivity index (χ0v) is 8.97. The minimum Gasteiger partial charge on any atom is -0.358 e. The molecule has 15 heavy (non-hydrogen) atoms. The van der Waals surface area contributed by atoms with Crippen molar-refractivity contribution >= 4 is 10.9 Å². The molecule has 0 radical (unpaired) electrons. The van der Waals surface area contributed by atoms with Crippen molar-refractivity contribution in [2.24, 2.45) is 5.73 Å². The predicted molar refractivity (Wildman–Crippen MR) is 60.2 cm³/mol. The zero-order valence-electron chi connectivity index (χ0n) is 8.97. The van der Waals surface area contributed by atoms with Crippen LogP contribution >= 0.6 is 0 Å². The van der Waals surface area contributed by atoms with Crippen LogP contribution in [-0.2, 0) is 0 Å². The van der Waals surface area contributed by atoms with E-state index in [0.29, 0.717) is 0 Å². The number of hydrogen-bond donors (Lipinski definition) is 2. The van der Waals surface area contributed by atoms with Gasteiger partial charge in [-0.3, -0.25) is 0 Å². The van der Waals surface area contributed by atoms with Crippen molar-refractivity contribution in [2.75, 3.05) is 0 Å². The number of nitrogens with one attached hydrogen (secondary N) is 1. The second kappa shape index (κ2) is 3.66. The molecule has 0 aliphatic heterocycles. The van der Waals surface area contributed by atoms with E-state index >= 15 is 0 Å². The van der Waals surface area contributed by atoms with Crippen LogP contribution in [0.5, 0.6) is 0 Å². The molecule has 0 amide bonds. The highest BCUT2D eigenvalue weighted by molar-refractivity contribution is 5.85. The Labute approximate surface area is 88.3 Å². The number of rotatable bonds is 2. The molecular formula is C12H15FN2. The lowest BCUT2D eigenvalue weighted by atomic mass is 10.0. The van der Waals surface area contributed by atoms with Gasteiger partial charge in [-0.05, 0) is 37.1 Å². The van der Waals surface area contributed by atoms with Crippen LogP contribution in [-0.4, -0.2) is 4.98 Å². The SMILES string of the molecule is CCC(N)c1c(C)[nH]c2ccc(F)cc12. The second-order valence-corrected chi connectivity index (χ2v) is 3.87. The standard InChI is InChI=1S/C12H15FN2/c1-3-10(14)12-7(2)15-11-5-4-8(13)6-9(11)12/h4-6,10,15H,3,14H2,1-2H3. The molecule has 2 aromatic rings. The molecule has 1 aromatic heterocycles. The van der Waals surface area contributed by atoms with Crippen LogP contribution in [0, 0.1) is 12.7 Å². The zero-order chi connectivity index (χ0) is 11.0. The maximum absolute atomic E-state index is 13.1. The molecule has 0 aliphatic rings. The van der Waals surface area contributed by atoms with Gasteiger partial charge in [0.2, 0.25) is 0 Å². The minimum absolute atomic E-state index is 0.0273. The van der Waals surface area contributed by atoms with Crippen molar-refractivity contribution in [3.05, 3.63) is 35.3 Å². The average Bonchev–Trinajstić information content (AvgIpc) is 2.52. The van der Waals surface area contributed by atoms with Crippen molar-refractivity contribution in [3.8, 4) is 0 Å². The first-order valence-electron chi connectivity index (χ1n) is 5.16. The van der Waals surface area contributed by atoms with Crippen LogP contribution in [0.4, 0.5) is 4.39 Å². The van der Waals surface area contributed by atoms with Crippen LogP contribution in [0.1, 0.15) is 30.6 Å². The average molecular weight is 206 g/mol. The summed E-state index contributed by atoms with van der Waals surface area (Å²) in [6.45, 7) is 4.00. The largest absolute Gasteiger partial charge is 0.358 e. The van der Waals surface area contributed by atoms with Crippen LogP contribution in [0.15, 0.2) is 18.2 Å². The van der Waals surface area contributed by atoms with Gasteiger partial charge in [0, 0.05) is 22.6 Å². The number of hydrogen-bond acceptors (Lipinski definition) is 1. The number of H-pyrrole nitrogens is 1. The molecule has 0 aliphatic carbocycles. The third kappa shape index (κ3) is 1.63. The van der Waals surface area contributed by atoms with E-state index in [-0.39, 0.29) is 11.9 Å². The summed E-state index contributed by atoms with van der Waals surface area (Å²) >= 11 is 0. The molecule has 1 heterocycles. The van der Waals surface area contributed by atoms with Gasteiger partial charge in [0.05, 0.1) is 0 Å². The van der Waals surface area contributed by atoms with E-state index in [4.69, 9.17) is 5.73 Å². The Bertz CT molecular complexity index is 488. The van der Waals surface area contributed by atoms with Gasteiger partial charge in [-0.25, -0.2) is 4.39 Å². The van der Waals surface area contributed by atoms with Crippen molar-refractivity contribution in [1.29, 1.82) is 0 Å². The molecule has 3 heteroatoms. The lowest BCUT2D eigenvalue weighted by Crippen LogP contribution is -2.09. The quantitative estimate of drug-likeness (QED) is 0.779. The Morgan fingerprint density at radius 1 is 1.47 bits per heavy atom. The summed E-state index contributed by atoms with van der Waals surface area (Å²) in [4.78, 5) is 3.22. The molecule has 3 N–H and O–H groups in total. The Balaban J connectivity index is 2.70. The molecule has 0 saturated carbocycles. The van der Waals surface area contributed by atoms with Crippen molar-refractivity contribution in [2.45, 2.75) is 26.3 Å². The highest BCUT2D eigenvalue weighted by atomic mass is 19.1. The third-order valence-corrected chi connectivity index (χ3v) is 2.81. The van der Waals surface area contributed by atoms with Gasteiger partial charge in [-0.2, -0.15) is 0 Å². The number of benzene rings is 1. The number of halogens is 1. The Kier molecular flexibility index (Phi) is 2.49. The molecule has 2 rings (SSSR count). The number of aromatic amines is 1. The number of nitrogens with two attached hydrogens (primary N) is 1. The van der Waals surface area contributed by atoms with E-state index in [1.54, 1.807) is 12.1 Å². The van der Waals surface area contributed by atoms with E-state index in [2.05, 4.69) is 4.98 Å². The van der Waals surface area contributed by atoms with Gasteiger partial charge >= 0.3 is 0 Å². The van der Waals surface area contributed by atoms with Gasteiger partial charge in [0.1, 0.15) is 5.82 Å². The summed E-state index contributed by atoms with van der Waals surface area (Å²) in [5.74, 6) is -0.217. The molecule has 0 bridgehead atoms.